The summed E-state index contributed by atoms with van der Waals surface area (Å²) in [5.41, 5.74) is 31.0. The first-order chi connectivity index (χ1) is 79.2. The fraction of sp³-hybridized carbons (Fsp3) is 0. The zero-order chi connectivity index (χ0) is 110. The van der Waals surface area contributed by atoms with Crippen LogP contribution in [0.2, 0.25) is 0 Å². The highest BCUT2D eigenvalue weighted by atomic mass is 16.3. The second-order valence-corrected chi connectivity index (χ2v) is 36.9. The fourth-order valence-electron chi connectivity index (χ4n) is 22.2. The van der Waals surface area contributed by atoms with Crippen LogP contribution in [-0.2, 0) is 0 Å². The Balaban J connectivity index is 0.000000117. The third kappa shape index (κ3) is 15.6. The van der Waals surface area contributed by atoms with Crippen molar-refractivity contribution in [3.8, 4) is 156 Å². The molecule has 0 aliphatic carbocycles. The molecule has 0 amide bonds. The zero-order valence-corrected chi connectivity index (χ0v) is 79.2. The van der Waals surface area contributed by atoms with Gasteiger partial charge in [0.05, 0.1) is 20.6 Å². The Kier molecular flexibility index (Phi) is 18.3. The predicted octanol–water partition coefficient (Wildman–Crippen LogP) is 41.0. The van der Waals surface area contributed by atoms with Crippen molar-refractivity contribution in [1.82, 2.24) is 0 Å². The lowest BCUT2D eigenvalue weighted by Crippen LogP contribution is -1.91. The molecule has 3 heteroatoms. The van der Waals surface area contributed by atoms with E-state index in [1.54, 1.807) is 0 Å². The van der Waals surface area contributed by atoms with E-state index < -0.39 is 18.1 Å². The van der Waals surface area contributed by atoms with Gasteiger partial charge in [-0.3, -0.25) is 0 Å². The van der Waals surface area contributed by atoms with Gasteiger partial charge >= 0.3 is 0 Å². The molecule has 0 saturated carbocycles. The van der Waals surface area contributed by atoms with Gasteiger partial charge in [-0.05, 0) is 287 Å². The lowest BCUT2D eigenvalue weighted by molar-refractivity contribution is 0.668. The molecule has 147 heavy (non-hydrogen) atoms. The third-order valence-electron chi connectivity index (χ3n) is 28.7. The van der Waals surface area contributed by atoms with E-state index in [4.69, 9.17) is 33.8 Å². The van der Waals surface area contributed by atoms with Gasteiger partial charge in [0.15, 0.2) is 0 Å². The van der Waals surface area contributed by atoms with E-state index in [-0.39, 0.29) is 89.2 Å². The van der Waals surface area contributed by atoms with E-state index >= 15 is 0 Å². The molecule has 0 unspecified atom stereocenters. The first-order valence-electron chi connectivity index (χ1n) is 56.7. The normalized spacial score (nSPS) is 13.0. The van der Waals surface area contributed by atoms with Crippen LogP contribution in [0.25, 0.3) is 286 Å². The minimum Gasteiger partial charge on any atom is -0.456 e. The molecule has 0 fully saturated rings. The quantitative estimate of drug-likeness (QED) is 0.102. The predicted molar refractivity (Wildman–Crippen MR) is 622 cm³/mol. The van der Waals surface area contributed by atoms with Crippen LogP contribution in [0.4, 0.5) is 0 Å². The standard InChI is InChI=1S/2C50H32O.C44H28O/c1-4-16-33(17-5-1)36-30-37(34-18-6-2-7-19-34)32-38(31-36)39-26-14-28-45-49(39)50-44(27-15-29-46(50)51-45)48-42-24-12-10-22-40(42)47(35-20-8-3-9-21-35)41-23-11-13-25-43(41)48;1-3-14-33(15-4-1)34-26-28-35(29-27-34)38-18-7-8-19-39(38)37-30-31-46-45(32-37)50-44(24-13-25-47(50)51-46)49-42-22-11-9-20-40(42)48(36-16-5-2-6-17-36)41-21-10-12-23-43(41)49;1-3-12-29(13-4-1)30-22-24-31(25-23-30)33-26-27-40-39(28-33)44-38(20-11-21-41(44)45-40)43-36-18-9-7-16-34(36)42(32-14-5-2-6-15-32)35-17-8-10-19-37(35)43/h2*1-32H;1-28H/i3D,8D,9D,20D,21D;2D,5D,6D,16D,17D;2D,5D,6D,14D,15D. The highest BCUT2D eigenvalue weighted by molar-refractivity contribution is 6.30. The molecular weight excluding hydrogens is 1780 g/mol. The smallest absolute Gasteiger partial charge is 0.136 e. The maximum atomic E-state index is 8.98. The largest absolute Gasteiger partial charge is 0.456 e. The molecular formula is C144H92O3. The monoisotopic (exact) mass is 1880 g/mol. The van der Waals surface area contributed by atoms with Crippen molar-refractivity contribution in [3.63, 3.8) is 0 Å². The second-order valence-electron chi connectivity index (χ2n) is 36.9. The van der Waals surface area contributed by atoms with Crippen molar-refractivity contribution >= 4 is 130 Å². The van der Waals surface area contributed by atoms with Crippen LogP contribution in [0.3, 0.4) is 0 Å². The molecule has 0 atom stereocenters. The Morgan fingerprint density at radius 2 is 0.340 bits per heavy atom. The van der Waals surface area contributed by atoms with E-state index in [0.717, 1.165) is 236 Å². The Morgan fingerprint density at radius 1 is 0.116 bits per heavy atom. The summed E-state index contributed by atoms with van der Waals surface area (Å²) in [5, 5.41) is 16.3. The summed E-state index contributed by atoms with van der Waals surface area (Å²) in [4.78, 5) is 0. The van der Waals surface area contributed by atoms with Crippen molar-refractivity contribution in [2.45, 2.75) is 0 Å². The van der Waals surface area contributed by atoms with Gasteiger partial charge in [-0.2, -0.15) is 0 Å². The lowest BCUT2D eigenvalue weighted by atomic mass is 9.84. The highest BCUT2D eigenvalue weighted by Gasteiger charge is 2.28. The number of furan rings is 3. The molecule has 0 aliphatic rings. The summed E-state index contributed by atoms with van der Waals surface area (Å²) >= 11 is 0. The summed E-state index contributed by atoms with van der Waals surface area (Å²) in [7, 11) is 0. The van der Waals surface area contributed by atoms with Crippen LogP contribution in [0.1, 0.15) is 20.6 Å². The topological polar surface area (TPSA) is 39.4 Å². The number of fused-ring (bicyclic) bond motifs is 15. The number of hydrogen-bond donors (Lipinski definition) is 0. The van der Waals surface area contributed by atoms with Crippen LogP contribution in [0.15, 0.2) is 571 Å². The summed E-state index contributed by atoms with van der Waals surface area (Å²) in [6.07, 6.45) is 0. The summed E-state index contributed by atoms with van der Waals surface area (Å²) < 4.78 is 149. The minimum absolute atomic E-state index is 0.191. The maximum Gasteiger partial charge on any atom is 0.136 e. The number of benzene rings is 26. The van der Waals surface area contributed by atoms with Crippen molar-refractivity contribution in [2.75, 3.05) is 0 Å². The molecule has 0 radical (unpaired) electrons. The van der Waals surface area contributed by atoms with Gasteiger partial charge < -0.3 is 13.3 Å². The second kappa shape index (κ2) is 37.3. The molecule has 686 valence electrons. The van der Waals surface area contributed by atoms with E-state index in [2.05, 4.69) is 285 Å². The minimum atomic E-state index is -0.409. The first-order valence-corrected chi connectivity index (χ1v) is 49.2. The van der Waals surface area contributed by atoms with Gasteiger partial charge in [0.2, 0.25) is 0 Å². The van der Waals surface area contributed by atoms with E-state index in [1.165, 1.54) is 16.7 Å². The Bertz CT molecular complexity index is 10800. The highest BCUT2D eigenvalue weighted by Crippen LogP contribution is 2.54. The molecule has 3 nitrogen and oxygen atoms in total. The first kappa shape index (κ1) is 72.0. The van der Waals surface area contributed by atoms with Crippen molar-refractivity contribution in [1.29, 1.82) is 0 Å². The fourth-order valence-corrected chi connectivity index (χ4v) is 22.2. The Labute approximate surface area is 872 Å². The molecule has 0 bridgehead atoms. The van der Waals surface area contributed by atoms with Crippen molar-refractivity contribution in [3.05, 3.63) is 558 Å². The molecule has 29 aromatic rings. The molecule has 3 heterocycles. The molecule has 0 saturated heterocycles. The van der Waals surface area contributed by atoms with Gasteiger partial charge in [0, 0.05) is 32.3 Å². The molecule has 29 rings (SSSR count). The van der Waals surface area contributed by atoms with E-state index in [1.807, 2.05) is 182 Å². The number of hydrogen-bond acceptors (Lipinski definition) is 3. The van der Waals surface area contributed by atoms with Crippen molar-refractivity contribution < 1.29 is 33.8 Å². The SMILES string of the molecule is [2H]c1c([2H])c([2H])c(-c2c3ccccc3c(-c3cccc4oc5ccc(-c6ccc(-c7ccccc7)cc6)cc5c34)c3ccccc23)c([2H])c1[2H].[2H]c1c([2H])c([2H])c(-c2c3ccccc3c(-c3cccc4oc5ccc(-c6ccccc6-c6ccc(-c7ccccc7)cc6)cc5c34)c3ccccc23)c([2H])c1[2H].[2H]c1c([2H])c([2H])c(-c2c3ccccc3c(-c3cccc4oc5cccc(-c6cc(-c7ccccc7)cc(-c7ccccc7)c6)c5c34)c3ccccc23)c([2H])c1[2H]. The molecule has 0 N–H and O–H groups in total. The summed E-state index contributed by atoms with van der Waals surface area (Å²) in [5.74, 6) is 0. The Hall–Kier alpha value is -19.3. The zero-order valence-electron chi connectivity index (χ0n) is 94.2. The van der Waals surface area contributed by atoms with Crippen LogP contribution in [0.5, 0.6) is 0 Å². The van der Waals surface area contributed by atoms with Crippen LogP contribution in [-0.4, -0.2) is 0 Å². The van der Waals surface area contributed by atoms with Crippen molar-refractivity contribution in [2.24, 2.45) is 0 Å². The molecule has 0 aliphatic heterocycles. The number of rotatable bonds is 14. The van der Waals surface area contributed by atoms with Gasteiger partial charge in [-0.15, -0.1) is 0 Å². The van der Waals surface area contributed by atoms with Gasteiger partial charge in [0.25, 0.3) is 0 Å². The average molecular weight is 1890 g/mol. The lowest BCUT2D eigenvalue weighted by Gasteiger charge is -2.18. The van der Waals surface area contributed by atoms with E-state index in [9.17, 15) is 0 Å². The van der Waals surface area contributed by atoms with Crippen LogP contribution >= 0.6 is 0 Å². The van der Waals surface area contributed by atoms with E-state index in [0.29, 0.717) is 16.7 Å². The summed E-state index contributed by atoms with van der Waals surface area (Å²) in [6, 6.07) is 155. The van der Waals surface area contributed by atoms with Gasteiger partial charge in [-0.1, -0.05) is 491 Å². The average Bonchev–Trinajstić information content (AvgIpc) is 1.30. The summed E-state index contributed by atoms with van der Waals surface area (Å²) in [6.45, 7) is 0. The Morgan fingerprint density at radius 3 is 0.687 bits per heavy atom. The van der Waals surface area contributed by atoms with Gasteiger partial charge in [0.1, 0.15) is 33.5 Å². The molecule has 0 spiro atoms. The third-order valence-corrected chi connectivity index (χ3v) is 28.7. The van der Waals surface area contributed by atoms with Crippen LogP contribution < -0.4 is 0 Å². The van der Waals surface area contributed by atoms with Crippen LogP contribution in [0, 0.1) is 0 Å². The maximum absolute atomic E-state index is 8.98. The van der Waals surface area contributed by atoms with Gasteiger partial charge in [-0.25, -0.2) is 0 Å². The molecule has 26 aromatic carbocycles. The molecule has 3 aromatic heterocycles.